The third-order valence-corrected chi connectivity index (χ3v) is 16.3. The first-order chi connectivity index (χ1) is 22.6. The summed E-state index contributed by atoms with van der Waals surface area (Å²) in [4.78, 5) is 0. The van der Waals surface area contributed by atoms with Crippen LogP contribution in [-0.4, -0.2) is 15.4 Å². The number of rotatable bonds is 8. The van der Waals surface area contributed by atoms with Crippen LogP contribution in [-0.2, 0) is 12.4 Å². The maximum atomic E-state index is 14.2. The fourth-order valence-corrected chi connectivity index (χ4v) is 14.2. The Morgan fingerprint density at radius 2 is 0.638 bits per heavy atom. The van der Waals surface area contributed by atoms with E-state index in [1.165, 1.54) is 12.1 Å². The van der Waals surface area contributed by atoms with Crippen molar-refractivity contribution < 1.29 is 26.3 Å². The summed E-state index contributed by atoms with van der Waals surface area (Å²) in [6.45, 7) is 0. The Kier molecular flexibility index (Phi) is 10.0. The first-order valence-corrected chi connectivity index (χ1v) is 19.4. The summed E-state index contributed by atoms with van der Waals surface area (Å²) in [5, 5.41) is 4.71. The van der Waals surface area contributed by atoms with E-state index in [9.17, 15) is 26.3 Å². The van der Waals surface area contributed by atoms with Crippen LogP contribution in [0.3, 0.4) is 0 Å². The average Bonchev–Trinajstić information content (AvgIpc) is 3.07. The quantitative estimate of drug-likeness (QED) is 0.0910. The fraction of sp³-hybridized carbons (Fsp3) is 0.0526. The summed E-state index contributed by atoms with van der Waals surface area (Å²) in [7, 11) is -2.81. The van der Waals surface area contributed by atoms with Gasteiger partial charge in [0.05, 0.1) is 0 Å². The topological polar surface area (TPSA) is 0 Å². The minimum absolute atomic E-state index is 0.571. The molecule has 0 aliphatic carbocycles. The summed E-state index contributed by atoms with van der Waals surface area (Å²) in [6.07, 6.45) is -9.12. The van der Waals surface area contributed by atoms with Gasteiger partial charge in [0.2, 0.25) is 0 Å². The normalized spacial score (nSPS) is 12.1. The van der Waals surface area contributed by atoms with E-state index in [0.717, 1.165) is 42.1 Å². The van der Waals surface area contributed by atoms with Gasteiger partial charge in [-0.25, -0.2) is 0 Å². The van der Waals surface area contributed by atoms with Crippen LogP contribution in [0.1, 0.15) is 11.1 Å². The summed E-state index contributed by atoms with van der Waals surface area (Å²) in [5.74, 6) is 0. The molecule has 0 atom stereocenters. The molecule has 2 radical (unpaired) electrons. The molecule has 47 heavy (non-hydrogen) atoms. The standard InChI is InChI=1S/C38H26F6GeP2/c39-37(40,41)27-21-23-33(35(25-27)46(29-13-5-1-6-14-29)30-15-7-2-8-16-30)45-34-24-22-28(38(42,43)44)26-36(34)47(31-17-9-3-10-18-31)32-19-11-4-12-20-32/h1-26H. The zero-order valence-corrected chi connectivity index (χ0v) is 28.6. The SMILES string of the molecule is FC(F)(F)c1cc[c]([Ge][c]2ccc(C(F)(F)F)cc2P(c2ccccc2)c2ccccc2)c(P(c2ccccc2)c2ccccc2)c1. The van der Waals surface area contributed by atoms with Gasteiger partial charge in [-0.05, 0) is 0 Å². The van der Waals surface area contributed by atoms with Crippen LogP contribution in [0.5, 0.6) is 0 Å². The van der Waals surface area contributed by atoms with Crippen molar-refractivity contribution in [2.24, 2.45) is 0 Å². The van der Waals surface area contributed by atoms with E-state index in [1.807, 2.05) is 121 Å². The van der Waals surface area contributed by atoms with E-state index in [2.05, 4.69) is 0 Å². The number of halogens is 6. The summed E-state index contributed by atoms with van der Waals surface area (Å²) >= 11 is -1.44. The molecular weight excluding hydrogens is 705 g/mol. The fourth-order valence-electron chi connectivity index (χ4n) is 5.31. The van der Waals surface area contributed by atoms with Gasteiger partial charge in [-0.1, -0.05) is 0 Å². The molecule has 0 heterocycles. The van der Waals surface area contributed by atoms with E-state index < -0.39 is 54.8 Å². The van der Waals surface area contributed by atoms with Crippen molar-refractivity contribution >= 4 is 71.9 Å². The predicted octanol–water partition coefficient (Wildman–Crippen LogP) is 6.90. The van der Waals surface area contributed by atoms with E-state index in [0.29, 0.717) is 10.6 Å². The molecule has 6 rings (SSSR count). The van der Waals surface area contributed by atoms with Crippen LogP contribution in [0.4, 0.5) is 26.3 Å². The number of alkyl halides is 6. The van der Waals surface area contributed by atoms with E-state index in [-0.39, 0.29) is 0 Å². The predicted molar refractivity (Wildman–Crippen MR) is 185 cm³/mol. The van der Waals surface area contributed by atoms with Crippen LogP contribution >= 0.6 is 15.8 Å². The van der Waals surface area contributed by atoms with Crippen molar-refractivity contribution in [2.75, 3.05) is 0 Å². The molecule has 0 bridgehead atoms. The Labute approximate surface area is 278 Å². The zero-order chi connectivity index (χ0) is 33.0. The van der Waals surface area contributed by atoms with Gasteiger partial charge < -0.3 is 0 Å². The molecule has 0 aromatic heterocycles. The second-order valence-corrected chi connectivity index (χ2v) is 17.8. The molecule has 0 spiro atoms. The Morgan fingerprint density at radius 3 is 0.894 bits per heavy atom. The second-order valence-electron chi connectivity index (χ2n) is 10.6. The second kappa shape index (κ2) is 14.2. The van der Waals surface area contributed by atoms with Crippen molar-refractivity contribution in [1.29, 1.82) is 0 Å². The van der Waals surface area contributed by atoms with Gasteiger partial charge >= 0.3 is 279 Å². The molecule has 9 heteroatoms. The molecule has 0 fully saturated rings. The average molecular weight is 731 g/mol. The van der Waals surface area contributed by atoms with Gasteiger partial charge in [-0.3, -0.25) is 0 Å². The number of hydrogen-bond donors (Lipinski definition) is 0. The summed E-state index contributed by atoms with van der Waals surface area (Å²) in [5.41, 5.74) is -1.49. The molecule has 0 unspecified atom stereocenters. The van der Waals surface area contributed by atoms with Gasteiger partial charge in [0.1, 0.15) is 0 Å². The van der Waals surface area contributed by atoms with Crippen LogP contribution in [0.25, 0.3) is 0 Å². The Morgan fingerprint density at radius 1 is 0.362 bits per heavy atom. The van der Waals surface area contributed by atoms with E-state index >= 15 is 0 Å². The van der Waals surface area contributed by atoms with Gasteiger partial charge in [0, 0.05) is 0 Å². The molecule has 6 aromatic carbocycles. The van der Waals surface area contributed by atoms with Crippen LogP contribution in [0.15, 0.2) is 158 Å². The molecule has 0 nitrogen and oxygen atoms in total. The van der Waals surface area contributed by atoms with Crippen molar-refractivity contribution in [2.45, 2.75) is 12.4 Å². The summed E-state index contributed by atoms with van der Waals surface area (Å²) < 4.78 is 86.8. The molecule has 0 aliphatic heterocycles. The molecule has 234 valence electrons. The third kappa shape index (κ3) is 7.73. The van der Waals surface area contributed by atoms with E-state index in [1.54, 1.807) is 12.1 Å². The van der Waals surface area contributed by atoms with Crippen LogP contribution in [0, 0.1) is 0 Å². The summed E-state index contributed by atoms with van der Waals surface area (Å²) in [6, 6.07) is 45.7. The molecule has 0 saturated carbocycles. The number of hydrogen-bond acceptors (Lipinski definition) is 0. The van der Waals surface area contributed by atoms with Crippen molar-refractivity contribution in [3.8, 4) is 0 Å². The Bertz CT molecular complexity index is 1710. The molecule has 0 amide bonds. The van der Waals surface area contributed by atoms with Crippen molar-refractivity contribution in [3.63, 3.8) is 0 Å². The molecule has 6 aromatic rings. The van der Waals surface area contributed by atoms with E-state index in [4.69, 9.17) is 0 Å². The minimum atomic E-state index is -4.56. The molecule has 0 saturated heterocycles. The monoisotopic (exact) mass is 732 g/mol. The molecular formula is C38H26F6GeP2. The Balaban J connectivity index is 1.58. The van der Waals surface area contributed by atoms with Crippen molar-refractivity contribution in [3.05, 3.63) is 169 Å². The van der Waals surface area contributed by atoms with Gasteiger partial charge in [-0.2, -0.15) is 0 Å². The number of benzene rings is 6. The Hall–Kier alpha value is -3.70. The van der Waals surface area contributed by atoms with Crippen LogP contribution < -0.4 is 40.6 Å². The maximum absolute atomic E-state index is 14.2. The van der Waals surface area contributed by atoms with Gasteiger partial charge in [0.15, 0.2) is 0 Å². The zero-order valence-electron chi connectivity index (χ0n) is 24.7. The van der Waals surface area contributed by atoms with Gasteiger partial charge in [0.25, 0.3) is 0 Å². The first kappa shape index (κ1) is 33.2. The van der Waals surface area contributed by atoms with Crippen LogP contribution in [0.2, 0.25) is 0 Å². The first-order valence-electron chi connectivity index (χ1n) is 14.6. The molecule has 0 aliphatic rings. The van der Waals surface area contributed by atoms with Crippen molar-refractivity contribution in [1.82, 2.24) is 0 Å². The third-order valence-electron chi connectivity index (χ3n) is 7.46. The van der Waals surface area contributed by atoms with Gasteiger partial charge in [-0.15, -0.1) is 0 Å². The molecule has 0 N–H and O–H groups in total.